The normalized spacial score (nSPS) is 10.9. The van der Waals surface area contributed by atoms with E-state index in [0.717, 1.165) is 12.0 Å². The Morgan fingerprint density at radius 3 is 2.00 bits per heavy atom. The monoisotopic (exact) mass is 314 g/mol. The molecule has 1 heterocycles. The summed E-state index contributed by atoms with van der Waals surface area (Å²) in [6.07, 6.45) is 14.1. The van der Waals surface area contributed by atoms with Crippen LogP contribution in [-0.4, -0.2) is 9.97 Å². The van der Waals surface area contributed by atoms with E-state index >= 15 is 0 Å². The van der Waals surface area contributed by atoms with Crippen LogP contribution in [0, 0.1) is 0 Å². The van der Waals surface area contributed by atoms with Crippen LogP contribution < -0.4 is 0 Å². The van der Waals surface area contributed by atoms with Crippen molar-refractivity contribution in [2.24, 2.45) is 0 Å². The Morgan fingerprint density at radius 2 is 1.39 bits per heavy atom. The largest absolute Gasteiger partial charge is 0.246 e. The minimum atomic E-state index is -0.432. The number of alkyl halides is 1. The van der Waals surface area contributed by atoms with Crippen molar-refractivity contribution >= 4 is 0 Å². The number of nitrogens with zero attached hydrogens (tertiary/aromatic N) is 2. The number of aromatic nitrogens is 2. The fourth-order valence-electron chi connectivity index (χ4n) is 2.66. The summed E-state index contributed by atoms with van der Waals surface area (Å²) in [4.78, 5) is 8.88. The Labute approximate surface area is 139 Å². The van der Waals surface area contributed by atoms with Crippen LogP contribution in [0.4, 0.5) is 4.39 Å². The lowest BCUT2D eigenvalue weighted by Crippen LogP contribution is -1.93. The zero-order chi connectivity index (χ0) is 16.3. The molecule has 0 aliphatic carbocycles. The molecule has 0 bridgehead atoms. The Kier molecular flexibility index (Phi) is 7.71. The van der Waals surface area contributed by atoms with Gasteiger partial charge in [-0.25, -0.2) is 14.4 Å². The summed E-state index contributed by atoms with van der Waals surface area (Å²) in [5.74, 6) is 0.707. The average Bonchev–Trinajstić information content (AvgIpc) is 2.61. The topological polar surface area (TPSA) is 25.8 Å². The lowest BCUT2D eigenvalue weighted by molar-refractivity contribution is 0.485. The van der Waals surface area contributed by atoms with Gasteiger partial charge in [0.2, 0.25) is 0 Å². The molecule has 2 rings (SSSR count). The molecule has 0 N–H and O–H groups in total. The van der Waals surface area contributed by atoms with Crippen LogP contribution in [0.25, 0.3) is 11.4 Å². The van der Waals surface area contributed by atoms with Crippen LogP contribution in [0.1, 0.15) is 63.0 Å². The Hall–Kier alpha value is -1.77. The summed E-state index contributed by atoms with van der Waals surface area (Å²) >= 11 is 0. The van der Waals surface area contributed by atoms with E-state index in [2.05, 4.69) is 16.9 Å². The second kappa shape index (κ2) is 10.1. The number of rotatable bonds is 10. The third-order valence-electron chi connectivity index (χ3n) is 4.14. The van der Waals surface area contributed by atoms with E-state index in [-0.39, 0.29) is 0 Å². The smallest absolute Gasteiger partial charge is 0.159 e. The van der Waals surface area contributed by atoms with Gasteiger partial charge in [0.1, 0.15) is 6.67 Å². The van der Waals surface area contributed by atoms with Gasteiger partial charge in [-0.2, -0.15) is 0 Å². The molecule has 3 heteroatoms. The van der Waals surface area contributed by atoms with E-state index in [0.29, 0.717) is 11.4 Å². The van der Waals surface area contributed by atoms with Gasteiger partial charge in [0.05, 0.1) is 0 Å². The van der Waals surface area contributed by atoms with Gasteiger partial charge in [-0.1, -0.05) is 69.7 Å². The Morgan fingerprint density at radius 1 is 0.783 bits per heavy atom. The summed E-state index contributed by atoms with van der Waals surface area (Å²) in [5, 5.41) is 0. The predicted octanol–water partition coefficient (Wildman–Crippen LogP) is 5.91. The molecule has 1 aromatic carbocycles. The zero-order valence-electron chi connectivity index (χ0n) is 14.1. The molecule has 0 aliphatic rings. The van der Waals surface area contributed by atoms with E-state index in [9.17, 15) is 4.39 Å². The van der Waals surface area contributed by atoms with Crippen molar-refractivity contribution < 1.29 is 4.39 Å². The maximum atomic E-state index is 12.5. The molecule has 0 amide bonds. The second-order valence-electron chi connectivity index (χ2n) is 6.12. The van der Waals surface area contributed by atoms with E-state index in [1.807, 2.05) is 24.5 Å². The molecular weight excluding hydrogens is 287 g/mol. The van der Waals surface area contributed by atoms with E-state index in [4.69, 9.17) is 0 Å². The first kappa shape index (κ1) is 17.6. The molecule has 0 atom stereocenters. The molecular formula is C20H27FN2. The number of benzene rings is 1. The first-order valence-electron chi connectivity index (χ1n) is 8.79. The van der Waals surface area contributed by atoms with Crippen LogP contribution in [-0.2, 0) is 13.1 Å². The molecule has 0 spiro atoms. The van der Waals surface area contributed by atoms with E-state index in [1.165, 1.54) is 50.5 Å². The molecule has 0 fully saturated rings. The van der Waals surface area contributed by atoms with Gasteiger partial charge in [-0.3, -0.25) is 0 Å². The maximum absolute atomic E-state index is 12.5. The van der Waals surface area contributed by atoms with Crippen LogP contribution in [0.3, 0.4) is 0 Å². The number of unbranched alkanes of at least 4 members (excludes halogenated alkanes) is 6. The first-order chi connectivity index (χ1) is 11.3. The molecule has 0 saturated heterocycles. The fraction of sp³-hybridized carbons (Fsp3) is 0.500. The minimum absolute atomic E-state index is 0.432. The van der Waals surface area contributed by atoms with Gasteiger partial charge >= 0.3 is 0 Å². The highest BCUT2D eigenvalue weighted by molar-refractivity contribution is 5.54. The Balaban J connectivity index is 1.75. The lowest BCUT2D eigenvalue weighted by atomic mass is 10.1. The summed E-state index contributed by atoms with van der Waals surface area (Å²) in [7, 11) is 0. The SMILES string of the molecule is CCCCCCCCCc1cnc(-c2ccc(CF)cc2)nc1. The van der Waals surface area contributed by atoms with Gasteiger partial charge in [-0.15, -0.1) is 0 Å². The van der Waals surface area contributed by atoms with Crippen molar-refractivity contribution in [3.63, 3.8) is 0 Å². The van der Waals surface area contributed by atoms with Gasteiger partial charge in [0.15, 0.2) is 5.82 Å². The second-order valence-corrected chi connectivity index (χ2v) is 6.12. The van der Waals surface area contributed by atoms with Crippen LogP contribution in [0.2, 0.25) is 0 Å². The van der Waals surface area contributed by atoms with Crippen LogP contribution in [0.5, 0.6) is 0 Å². The number of hydrogen-bond donors (Lipinski definition) is 0. The van der Waals surface area contributed by atoms with E-state index < -0.39 is 6.67 Å². The molecule has 0 unspecified atom stereocenters. The Bertz CT molecular complexity index is 549. The highest BCUT2D eigenvalue weighted by atomic mass is 19.1. The molecule has 124 valence electrons. The first-order valence-corrected chi connectivity index (χ1v) is 8.79. The molecule has 0 radical (unpaired) electrons. The minimum Gasteiger partial charge on any atom is -0.246 e. The lowest BCUT2D eigenvalue weighted by Gasteiger charge is -2.04. The van der Waals surface area contributed by atoms with Gasteiger partial charge in [0, 0.05) is 18.0 Å². The van der Waals surface area contributed by atoms with Gasteiger partial charge < -0.3 is 0 Å². The molecule has 23 heavy (non-hydrogen) atoms. The van der Waals surface area contributed by atoms with E-state index in [1.54, 1.807) is 12.1 Å². The maximum Gasteiger partial charge on any atom is 0.159 e. The fourth-order valence-corrected chi connectivity index (χ4v) is 2.66. The third-order valence-corrected chi connectivity index (χ3v) is 4.14. The van der Waals surface area contributed by atoms with Crippen molar-refractivity contribution in [2.75, 3.05) is 0 Å². The average molecular weight is 314 g/mol. The van der Waals surface area contributed by atoms with Crippen LogP contribution >= 0.6 is 0 Å². The molecule has 0 saturated carbocycles. The summed E-state index contributed by atoms with van der Waals surface area (Å²) in [6.45, 7) is 1.82. The van der Waals surface area contributed by atoms with Crippen molar-refractivity contribution in [1.82, 2.24) is 9.97 Å². The highest BCUT2D eigenvalue weighted by Crippen LogP contribution is 2.16. The zero-order valence-corrected chi connectivity index (χ0v) is 14.1. The third kappa shape index (κ3) is 6.09. The summed E-state index contributed by atoms with van der Waals surface area (Å²) in [5.41, 5.74) is 2.82. The highest BCUT2D eigenvalue weighted by Gasteiger charge is 2.02. The van der Waals surface area contributed by atoms with Crippen molar-refractivity contribution in [2.45, 2.75) is 65.0 Å². The number of halogens is 1. The summed E-state index contributed by atoms with van der Waals surface area (Å²) in [6, 6.07) is 7.32. The quantitative estimate of drug-likeness (QED) is 0.510. The predicted molar refractivity (Wildman–Crippen MR) is 94.0 cm³/mol. The molecule has 2 aromatic rings. The van der Waals surface area contributed by atoms with Gasteiger partial charge in [0.25, 0.3) is 0 Å². The molecule has 1 aromatic heterocycles. The number of hydrogen-bond acceptors (Lipinski definition) is 2. The van der Waals surface area contributed by atoms with Crippen molar-refractivity contribution in [3.05, 3.63) is 47.8 Å². The summed E-state index contributed by atoms with van der Waals surface area (Å²) < 4.78 is 12.5. The molecule has 0 aliphatic heterocycles. The van der Waals surface area contributed by atoms with Gasteiger partial charge in [-0.05, 0) is 24.0 Å². The van der Waals surface area contributed by atoms with Crippen molar-refractivity contribution in [3.8, 4) is 11.4 Å². The van der Waals surface area contributed by atoms with Crippen molar-refractivity contribution in [1.29, 1.82) is 0 Å². The number of aryl methyl sites for hydroxylation is 1. The van der Waals surface area contributed by atoms with Crippen LogP contribution in [0.15, 0.2) is 36.7 Å². The standard InChI is InChI=1S/C20H27FN2/c1-2-3-4-5-6-7-8-9-18-15-22-20(23-16-18)19-12-10-17(14-21)11-13-19/h10-13,15-16H,2-9,14H2,1H3. The molecule has 2 nitrogen and oxygen atoms in total.